The third kappa shape index (κ3) is 3.50. The third-order valence-electron chi connectivity index (χ3n) is 3.47. The number of nitrogens with zero attached hydrogens (tertiary/aromatic N) is 1. The van der Waals surface area contributed by atoms with E-state index in [1.54, 1.807) is 13.3 Å². The maximum atomic E-state index is 5.45. The molecule has 1 aliphatic rings. The zero-order chi connectivity index (χ0) is 12.8. The summed E-state index contributed by atoms with van der Waals surface area (Å²) in [7, 11) is 1.67. The number of methoxy groups -OCH3 is 1. The highest BCUT2D eigenvalue weighted by atomic mass is 32.1. The van der Waals surface area contributed by atoms with Crippen molar-refractivity contribution in [3.05, 3.63) is 30.1 Å². The summed E-state index contributed by atoms with van der Waals surface area (Å²) in [6, 6.07) is 5.79. The van der Waals surface area contributed by atoms with Crippen LogP contribution in [0.2, 0.25) is 0 Å². The molecule has 0 aromatic carbocycles. The van der Waals surface area contributed by atoms with Gasteiger partial charge in [0.05, 0.1) is 5.69 Å². The number of hydrogen-bond acceptors (Lipinski definition) is 3. The molecule has 0 aliphatic heterocycles. The molecular weight excluding hydrogens is 244 g/mol. The predicted molar refractivity (Wildman–Crippen MR) is 76.5 cm³/mol. The van der Waals surface area contributed by atoms with Crippen LogP contribution in [0.3, 0.4) is 0 Å². The van der Waals surface area contributed by atoms with Crippen LogP contribution >= 0.6 is 12.2 Å². The zero-order valence-electron chi connectivity index (χ0n) is 10.8. The second-order valence-electron chi connectivity index (χ2n) is 4.77. The lowest BCUT2D eigenvalue weighted by Crippen LogP contribution is -2.32. The first-order valence-electron chi connectivity index (χ1n) is 6.52. The zero-order valence-corrected chi connectivity index (χ0v) is 11.6. The second kappa shape index (κ2) is 6.81. The van der Waals surface area contributed by atoms with Gasteiger partial charge in [-0.2, -0.15) is 0 Å². The summed E-state index contributed by atoms with van der Waals surface area (Å²) in [4.78, 5) is 5.04. The van der Waals surface area contributed by atoms with E-state index in [-0.39, 0.29) is 6.10 Å². The molecule has 1 aromatic rings. The van der Waals surface area contributed by atoms with Gasteiger partial charge in [0.1, 0.15) is 11.1 Å². The molecule has 4 heteroatoms. The minimum atomic E-state index is -0.234. The molecule has 1 aliphatic carbocycles. The van der Waals surface area contributed by atoms with Gasteiger partial charge in [-0.05, 0) is 30.9 Å². The molecule has 0 bridgehead atoms. The van der Waals surface area contributed by atoms with Gasteiger partial charge in [-0.1, -0.05) is 31.1 Å². The monoisotopic (exact) mass is 264 g/mol. The van der Waals surface area contributed by atoms with E-state index >= 15 is 0 Å². The Morgan fingerprint density at radius 3 is 2.89 bits per heavy atom. The van der Waals surface area contributed by atoms with Crippen molar-refractivity contribution in [3.63, 3.8) is 0 Å². The third-order valence-corrected chi connectivity index (χ3v) is 3.83. The highest BCUT2D eigenvalue weighted by molar-refractivity contribution is 7.80. The minimum absolute atomic E-state index is 0.234. The van der Waals surface area contributed by atoms with Crippen molar-refractivity contribution in [2.75, 3.05) is 13.7 Å². The van der Waals surface area contributed by atoms with Crippen molar-refractivity contribution >= 4 is 17.2 Å². The van der Waals surface area contributed by atoms with E-state index in [1.165, 1.54) is 25.7 Å². The Morgan fingerprint density at radius 2 is 2.28 bits per heavy atom. The lowest BCUT2D eigenvalue weighted by atomic mass is 10.1. The summed E-state index contributed by atoms with van der Waals surface area (Å²) < 4.78 is 5.45. The lowest BCUT2D eigenvalue weighted by Gasteiger charge is -2.19. The quantitative estimate of drug-likeness (QED) is 0.829. The summed E-state index contributed by atoms with van der Waals surface area (Å²) >= 11 is 5.42. The van der Waals surface area contributed by atoms with Crippen LogP contribution in [0.5, 0.6) is 0 Å². The van der Waals surface area contributed by atoms with Gasteiger partial charge in [0.2, 0.25) is 0 Å². The Labute approximate surface area is 114 Å². The molecule has 2 rings (SSSR count). The maximum Gasteiger partial charge on any atom is 0.149 e. The number of pyridine rings is 1. The first-order chi connectivity index (χ1) is 8.81. The molecule has 1 heterocycles. The fourth-order valence-corrected chi connectivity index (χ4v) is 2.75. The number of rotatable bonds is 5. The average Bonchev–Trinajstić information content (AvgIpc) is 2.92. The summed E-state index contributed by atoms with van der Waals surface area (Å²) in [5, 5.41) is 3.34. The fraction of sp³-hybridized carbons (Fsp3) is 0.571. The van der Waals surface area contributed by atoms with Crippen LogP contribution in [0.1, 0.15) is 37.5 Å². The van der Waals surface area contributed by atoms with Crippen LogP contribution in [0, 0.1) is 5.92 Å². The van der Waals surface area contributed by atoms with Crippen molar-refractivity contribution in [1.29, 1.82) is 0 Å². The molecule has 18 heavy (non-hydrogen) atoms. The van der Waals surface area contributed by atoms with Gasteiger partial charge >= 0.3 is 0 Å². The van der Waals surface area contributed by atoms with E-state index in [2.05, 4.69) is 10.3 Å². The number of ether oxygens (including phenoxy) is 1. The van der Waals surface area contributed by atoms with Crippen LogP contribution in [0.25, 0.3) is 0 Å². The molecule has 0 spiro atoms. The maximum absolute atomic E-state index is 5.45. The number of thiocarbonyl (C=S) groups is 1. The molecule has 1 aromatic heterocycles. The Hall–Kier alpha value is -1.00. The topological polar surface area (TPSA) is 34.1 Å². The van der Waals surface area contributed by atoms with Crippen LogP contribution in [-0.2, 0) is 4.74 Å². The van der Waals surface area contributed by atoms with Crippen molar-refractivity contribution in [3.8, 4) is 0 Å². The molecule has 1 unspecified atom stereocenters. The molecule has 0 radical (unpaired) electrons. The van der Waals surface area contributed by atoms with E-state index in [4.69, 9.17) is 17.0 Å². The lowest BCUT2D eigenvalue weighted by molar-refractivity contribution is 0.153. The van der Waals surface area contributed by atoms with Crippen LogP contribution < -0.4 is 5.32 Å². The van der Waals surface area contributed by atoms with Crippen LogP contribution in [-0.4, -0.2) is 23.6 Å². The fourth-order valence-electron chi connectivity index (χ4n) is 2.45. The predicted octanol–water partition coefficient (Wildman–Crippen LogP) is 2.88. The van der Waals surface area contributed by atoms with Gasteiger partial charge in [0.25, 0.3) is 0 Å². The SMILES string of the molecule is COC(C(=S)NCC1CCCC1)c1ccccn1. The number of nitrogens with one attached hydrogen (secondary N) is 1. The Balaban J connectivity index is 1.89. The van der Waals surface area contributed by atoms with Crippen molar-refractivity contribution < 1.29 is 4.74 Å². The van der Waals surface area contributed by atoms with Crippen LogP contribution in [0.15, 0.2) is 24.4 Å². The van der Waals surface area contributed by atoms with Crippen molar-refractivity contribution in [1.82, 2.24) is 10.3 Å². The van der Waals surface area contributed by atoms with Crippen molar-refractivity contribution in [2.45, 2.75) is 31.8 Å². The standard InChI is InChI=1S/C14H20N2OS/c1-17-13(12-8-4-5-9-15-12)14(18)16-10-11-6-2-3-7-11/h4-5,8-9,11,13H,2-3,6-7,10H2,1H3,(H,16,18). The largest absolute Gasteiger partial charge is 0.377 e. The Kier molecular flexibility index (Phi) is 5.08. The van der Waals surface area contributed by atoms with Gasteiger partial charge in [-0.15, -0.1) is 0 Å². The molecule has 0 amide bonds. The first-order valence-corrected chi connectivity index (χ1v) is 6.93. The first kappa shape index (κ1) is 13.4. The Bertz CT molecular complexity index is 377. The summed E-state index contributed by atoms with van der Waals surface area (Å²) in [5.41, 5.74) is 0.865. The molecule has 1 fully saturated rings. The second-order valence-corrected chi connectivity index (χ2v) is 5.21. The molecular formula is C14H20N2OS. The van der Waals surface area contributed by atoms with Crippen molar-refractivity contribution in [2.24, 2.45) is 5.92 Å². The molecule has 1 atom stereocenters. The van der Waals surface area contributed by atoms with E-state index in [0.29, 0.717) is 0 Å². The molecule has 0 saturated heterocycles. The molecule has 1 N–H and O–H groups in total. The molecule has 3 nitrogen and oxygen atoms in total. The van der Waals surface area contributed by atoms with Gasteiger partial charge in [0, 0.05) is 19.9 Å². The summed E-state index contributed by atoms with van der Waals surface area (Å²) in [6.07, 6.45) is 6.87. The highest BCUT2D eigenvalue weighted by Crippen LogP contribution is 2.24. The highest BCUT2D eigenvalue weighted by Gasteiger charge is 2.20. The smallest absolute Gasteiger partial charge is 0.149 e. The van der Waals surface area contributed by atoms with Gasteiger partial charge < -0.3 is 10.1 Å². The van der Waals surface area contributed by atoms with E-state index in [0.717, 1.165) is 23.1 Å². The average molecular weight is 264 g/mol. The number of aromatic nitrogens is 1. The van der Waals surface area contributed by atoms with E-state index in [1.807, 2.05) is 18.2 Å². The van der Waals surface area contributed by atoms with Crippen LogP contribution in [0.4, 0.5) is 0 Å². The number of hydrogen-bond donors (Lipinski definition) is 1. The van der Waals surface area contributed by atoms with Gasteiger partial charge in [0.15, 0.2) is 0 Å². The van der Waals surface area contributed by atoms with Gasteiger partial charge in [-0.3, -0.25) is 4.98 Å². The molecule has 98 valence electrons. The molecule has 1 saturated carbocycles. The summed E-state index contributed by atoms with van der Waals surface area (Å²) in [6.45, 7) is 0.964. The summed E-state index contributed by atoms with van der Waals surface area (Å²) in [5.74, 6) is 0.768. The van der Waals surface area contributed by atoms with E-state index < -0.39 is 0 Å². The minimum Gasteiger partial charge on any atom is -0.377 e. The van der Waals surface area contributed by atoms with E-state index in [9.17, 15) is 0 Å². The normalized spacial score (nSPS) is 17.6. The Morgan fingerprint density at radius 1 is 1.50 bits per heavy atom. The van der Waals surface area contributed by atoms with Gasteiger partial charge in [-0.25, -0.2) is 0 Å².